The zero-order valence-corrected chi connectivity index (χ0v) is 11.3. The summed E-state index contributed by atoms with van der Waals surface area (Å²) in [6.07, 6.45) is 4.64. The van der Waals surface area contributed by atoms with E-state index in [1.807, 2.05) is 0 Å². The predicted octanol–water partition coefficient (Wildman–Crippen LogP) is 4.04. The van der Waals surface area contributed by atoms with Crippen LogP contribution >= 0.6 is 11.6 Å². The van der Waals surface area contributed by atoms with Gasteiger partial charge in [0.05, 0.1) is 0 Å². The third kappa shape index (κ3) is 3.91. The Morgan fingerprint density at radius 3 is 2.67 bits per heavy atom. The number of carbonyl (C=O) groups excluding carboxylic acids is 1. The molecule has 18 heavy (non-hydrogen) atoms. The minimum absolute atomic E-state index is 0.128. The van der Waals surface area contributed by atoms with Crippen LogP contribution in [-0.4, -0.2) is 12.1 Å². The summed E-state index contributed by atoms with van der Waals surface area (Å²) in [7, 11) is 0. The van der Waals surface area contributed by atoms with Crippen molar-refractivity contribution in [3.8, 4) is 0 Å². The van der Waals surface area contributed by atoms with E-state index >= 15 is 0 Å². The molecular formula is C14H19ClN2O. The second kappa shape index (κ2) is 6.10. The maximum Gasteiger partial charge on any atom is 0.319 e. The number of amides is 2. The molecule has 1 aliphatic carbocycles. The molecule has 0 bridgehead atoms. The minimum atomic E-state index is -0.128. The molecule has 2 rings (SSSR count). The highest BCUT2D eigenvalue weighted by Crippen LogP contribution is 2.23. The van der Waals surface area contributed by atoms with Gasteiger partial charge < -0.3 is 10.6 Å². The van der Waals surface area contributed by atoms with E-state index in [1.165, 1.54) is 12.8 Å². The molecule has 98 valence electrons. The third-order valence-electron chi connectivity index (χ3n) is 3.37. The van der Waals surface area contributed by atoms with Gasteiger partial charge in [0.25, 0.3) is 0 Å². The lowest BCUT2D eigenvalue weighted by Crippen LogP contribution is -2.40. The molecule has 2 atom stereocenters. The molecule has 0 unspecified atom stereocenters. The van der Waals surface area contributed by atoms with Gasteiger partial charge in [0, 0.05) is 16.8 Å². The molecule has 1 aromatic carbocycles. The predicted molar refractivity (Wildman–Crippen MR) is 75.0 cm³/mol. The largest absolute Gasteiger partial charge is 0.335 e. The van der Waals surface area contributed by atoms with Gasteiger partial charge in [-0.3, -0.25) is 0 Å². The molecule has 4 heteroatoms. The fraction of sp³-hybridized carbons (Fsp3) is 0.500. The smallest absolute Gasteiger partial charge is 0.319 e. The first kappa shape index (κ1) is 13.2. The van der Waals surface area contributed by atoms with Crippen LogP contribution in [0.25, 0.3) is 0 Å². The summed E-state index contributed by atoms with van der Waals surface area (Å²) in [5.41, 5.74) is 0.765. The van der Waals surface area contributed by atoms with Crippen molar-refractivity contribution < 1.29 is 4.79 Å². The Bertz CT molecular complexity index is 405. The van der Waals surface area contributed by atoms with Gasteiger partial charge in [-0.05, 0) is 43.0 Å². The van der Waals surface area contributed by atoms with Crippen molar-refractivity contribution in [2.45, 2.75) is 38.6 Å². The number of rotatable bonds is 2. The fourth-order valence-electron chi connectivity index (χ4n) is 2.45. The maximum atomic E-state index is 11.8. The van der Waals surface area contributed by atoms with E-state index in [4.69, 9.17) is 11.6 Å². The molecule has 1 fully saturated rings. The first-order chi connectivity index (χ1) is 8.63. The van der Waals surface area contributed by atoms with Gasteiger partial charge in [0.1, 0.15) is 0 Å². The van der Waals surface area contributed by atoms with E-state index in [0.717, 1.165) is 18.5 Å². The van der Waals surface area contributed by atoms with Gasteiger partial charge in [0.15, 0.2) is 0 Å². The molecule has 0 aromatic heterocycles. The molecule has 0 aliphatic heterocycles. The Labute approximate surface area is 113 Å². The Balaban J connectivity index is 1.83. The quantitative estimate of drug-likeness (QED) is 0.833. The van der Waals surface area contributed by atoms with E-state index in [9.17, 15) is 4.79 Å². The third-order valence-corrected chi connectivity index (χ3v) is 3.63. The molecule has 2 amide bonds. The molecule has 0 spiro atoms. The van der Waals surface area contributed by atoms with Crippen LogP contribution in [-0.2, 0) is 0 Å². The van der Waals surface area contributed by atoms with Crippen LogP contribution in [0.1, 0.15) is 32.6 Å². The highest BCUT2D eigenvalue weighted by molar-refractivity contribution is 6.30. The van der Waals surface area contributed by atoms with Crippen LogP contribution in [0.3, 0.4) is 0 Å². The molecule has 1 aromatic rings. The molecule has 0 radical (unpaired) electrons. The monoisotopic (exact) mass is 266 g/mol. The highest BCUT2D eigenvalue weighted by Gasteiger charge is 2.20. The van der Waals surface area contributed by atoms with Gasteiger partial charge in [0.2, 0.25) is 0 Å². The topological polar surface area (TPSA) is 41.1 Å². The van der Waals surface area contributed by atoms with Gasteiger partial charge >= 0.3 is 6.03 Å². The summed E-state index contributed by atoms with van der Waals surface area (Å²) in [6, 6.07) is 7.30. The van der Waals surface area contributed by atoms with Gasteiger partial charge in [-0.1, -0.05) is 31.4 Å². The van der Waals surface area contributed by atoms with Crippen molar-refractivity contribution in [3.05, 3.63) is 29.3 Å². The van der Waals surface area contributed by atoms with Crippen molar-refractivity contribution >= 4 is 23.3 Å². The molecule has 3 nitrogen and oxygen atoms in total. The SMILES string of the molecule is C[C@@H]1CCC[C@H](NC(=O)Nc2ccc(Cl)cc2)C1. The number of nitrogens with one attached hydrogen (secondary N) is 2. The van der Waals surface area contributed by atoms with Crippen LogP contribution < -0.4 is 10.6 Å². The lowest BCUT2D eigenvalue weighted by molar-refractivity contribution is 0.238. The maximum absolute atomic E-state index is 11.8. The first-order valence-electron chi connectivity index (χ1n) is 6.46. The lowest BCUT2D eigenvalue weighted by Gasteiger charge is -2.27. The average molecular weight is 267 g/mol. The standard InChI is InChI=1S/C14H19ClN2O/c1-10-3-2-4-13(9-10)17-14(18)16-12-7-5-11(15)6-8-12/h5-8,10,13H,2-4,9H2,1H3,(H2,16,17,18)/t10-,13+/m1/s1. The first-order valence-corrected chi connectivity index (χ1v) is 6.84. The summed E-state index contributed by atoms with van der Waals surface area (Å²) >= 11 is 5.79. The summed E-state index contributed by atoms with van der Waals surface area (Å²) < 4.78 is 0. The second-order valence-electron chi connectivity index (χ2n) is 5.07. The second-order valence-corrected chi connectivity index (χ2v) is 5.51. The molecular weight excluding hydrogens is 248 g/mol. The Morgan fingerprint density at radius 1 is 1.28 bits per heavy atom. The van der Waals surface area contributed by atoms with E-state index < -0.39 is 0 Å². The van der Waals surface area contributed by atoms with Gasteiger partial charge in [-0.25, -0.2) is 4.79 Å². The van der Waals surface area contributed by atoms with E-state index in [1.54, 1.807) is 24.3 Å². The highest BCUT2D eigenvalue weighted by atomic mass is 35.5. The number of benzene rings is 1. The summed E-state index contributed by atoms with van der Waals surface area (Å²) in [5.74, 6) is 0.708. The zero-order valence-electron chi connectivity index (χ0n) is 10.6. The fourth-order valence-corrected chi connectivity index (χ4v) is 2.58. The molecule has 1 saturated carbocycles. The number of hydrogen-bond acceptors (Lipinski definition) is 1. The van der Waals surface area contributed by atoms with E-state index in [0.29, 0.717) is 17.0 Å². The van der Waals surface area contributed by atoms with Crippen molar-refractivity contribution in [1.82, 2.24) is 5.32 Å². The molecule has 0 heterocycles. The molecule has 2 N–H and O–H groups in total. The number of anilines is 1. The van der Waals surface area contributed by atoms with Gasteiger partial charge in [-0.15, -0.1) is 0 Å². The van der Waals surface area contributed by atoms with Crippen molar-refractivity contribution in [2.24, 2.45) is 5.92 Å². The minimum Gasteiger partial charge on any atom is -0.335 e. The van der Waals surface area contributed by atoms with E-state index in [-0.39, 0.29) is 6.03 Å². The zero-order chi connectivity index (χ0) is 13.0. The Morgan fingerprint density at radius 2 is 2.00 bits per heavy atom. The van der Waals surface area contributed by atoms with Crippen molar-refractivity contribution in [2.75, 3.05) is 5.32 Å². The van der Waals surface area contributed by atoms with Crippen LogP contribution in [0.2, 0.25) is 5.02 Å². The Hall–Kier alpha value is -1.22. The van der Waals surface area contributed by atoms with Crippen LogP contribution in [0, 0.1) is 5.92 Å². The summed E-state index contributed by atoms with van der Waals surface area (Å²) in [5, 5.41) is 6.52. The van der Waals surface area contributed by atoms with Crippen molar-refractivity contribution in [3.63, 3.8) is 0 Å². The number of halogens is 1. The summed E-state index contributed by atoms with van der Waals surface area (Å²) in [6.45, 7) is 2.24. The van der Waals surface area contributed by atoms with Crippen molar-refractivity contribution in [1.29, 1.82) is 0 Å². The lowest BCUT2D eigenvalue weighted by atomic mass is 9.87. The number of urea groups is 1. The van der Waals surface area contributed by atoms with Crippen LogP contribution in [0.4, 0.5) is 10.5 Å². The normalized spacial score (nSPS) is 23.4. The number of hydrogen-bond donors (Lipinski definition) is 2. The van der Waals surface area contributed by atoms with E-state index in [2.05, 4.69) is 17.6 Å². The molecule has 0 saturated heterocycles. The molecule has 1 aliphatic rings. The van der Waals surface area contributed by atoms with Crippen LogP contribution in [0.15, 0.2) is 24.3 Å². The van der Waals surface area contributed by atoms with Crippen LogP contribution in [0.5, 0.6) is 0 Å². The Kier molecular flexibility index (Phi) is 4.48. The van der Waals surface area contributed by atoms with Gasteiger partial charge in [-0.2, -0.15) is 0 Å². The average Bonchev–Trinajstić information content (AvgIpc) is 2.32. The number of carbonyl (C=O) groups is 1. The summed E-state index contributed by atoms with van der Waals surface area (Å²) in [4.78, 5) is 11.8.